The number of aryl methyl sites for hydroxylation is 1. The fourth-order valence-corrected chi connectivity index (χ4v) is 2.71. The van der Waals surface area contributed by atoms with Gasteiger partial charge in [0.15, 0.2) is 0 Å². The fraction of sp³-hybridized carbons (Fsp3) is 0.667. The van der Waals surface area contributed by atoms with Gasteiger partial charge < -0.3 is 9.88 Å². The van der Waals surface area contributed by atoms with Crippen molar-refractivity contribution < 1.29 is 4.79 Å². The third-order valence-electron chi connectivity index (χ3n) is 3.27. The van der Waals surface area contributed by atoms with E-state index in [1.54, 1.807) is 17.1 Å². The molecule has 94 valence electrons. The van der Waals surface area contributed by atoms with Crippen LogP contribution in [0.15, 0.2) is 12.5 Å². The molecule has 1 saturated carbocycles. The number of halogens is 1. The molecule has 0 aromatic carbocycles. The number of carbonyl (C=O) groups excluding carboxylic acids is 1. The predicted molar refractivity (Wildman–Crippen MR) is 70.2 cm³/mol. The summed E-state index contributed by atoms with van der Waals surface area (Å²) < 4.78 is 1.78. The first-order chi connectivity index (χ1) is 8.15. The number of imidazole rings is 1. The van der Waals surface area contributed by atoms with Crippen LogP contribution in [0.4, 0.5) is 0 Å². The van der Waals surface area contributed by atoms with E-state index >= 15 is 0 Å². The number of hydrogen-bond donors (Lipinski definition) is 1. The smallest absolute Gasteiger partial charge is 0.271 e. The van der Waals surface area contributed by atoms with Crippen LogP contribution in [0.2, 0.25) is 0 Å². The number of alkyl halides is 1. The monoisotopic (exact) mass is 299 g/mol. The Morgan fingerprint density at radius 2 is 2.24 bits per heavy atom. The fourth-order valence-electron chi connectivity index (χ4n) is 2.18. The van der Waals surface area contributed by atoms with Crippen molar-refractivity contribution in [2.75, 3.05) is 6.54 Å². The topological polar surface area (TPSA) is 46.9 Å². The molecule has 0 atom stereocenters. The molecule has 0 bridgehead atoms. The Balaban J connectivity index is 1.76. The van der Waals surface area contributed by atoms with Gasteiger partial charge in [0.05, 0.1) is 6.33 Å². The van der Waals surface area contributed by atoms with Crippen LogP contribution in [0.5, 0.6) is 0 Å². The Morgan fingerprint density at radius 3 is 2.82 bits per heavy atom. The van der Waals surface area contributed by atoms with E-state index in [-0.39, 0.29) is 5.91 Å². The Bertz CT molecular complexity index is 383. The number of nitrogens with zero attached hydrogens (tertiary/aromatic N) is 2. The molecule has 5 heteroatoms. The Hall–Kier alpha value is -0.840. The summed E-state index contributed by atoms with van der Waals surface area (Å²) in [6.07, 6.45) is 8.20. The second-order valence-electron chi connectivity index (χ2n) is 4.75. The average Bonchev–Trinajstić information content (AvgIpc) is 2.75. The van der Waals surface area contributed by atoms with E-state index in [4.69, 9.17) is 0 Å². The second-order valence-corrected chi connectivity index (χ2v) is 6.05. The summed E-state index contributed by atoms with van der Waals surface area (Å²) in [7, 11) is 1.86. The maximum absolute atomic E-state index is 11.8. The molecule has 0 unspecified atom stereocenters. The van der Waals surface area contributed by atoms with Crippen LogP contribution in [0.3, 0.4) is 0 Å². The summed E-state index contributed by atoms with van der Waals surface area (Å²) in [4.78, 5) is 16.5. The molecule has 1 N–H and O–H groups in total. The largest absolute Gasteiger partial charge is 0.350 e. The van der Waals surface area contributed by atoms with Gasteiger partial charge in [0.25, 0.3) is 5.91 Å². The standard InChI is InChI=1S/C12H18BrN3O/c1-16-7-11(15-8-16)12(17)14-6-9-2-4-10(13)5-3-9/h7-10H,2-6H2,1H3,(H,14,17). The number of nitrogens with one attached hydrogen (secondary N) is 1. The Kier molecular flexibility index (Phi) is 4.20. The van der Waals surface area contributed by atoms with Crippen molar-refractivity contribution in [1.82, 2.24) is 14.9 Å². The third-order valence-corrected chi connectivity index (χ3v) is 4.18. The van der Waals surface area contributed by atoms with Crippen molar-refractivity contribution in [2.24, 2.45) is 13.0 Å². The van der Waals surface area contributed by atoms with Crippen LogP contribution in [0, 0.1) is 5.92 Å². The van der Waals surface area contributed by atoms with Gasteiger partial charge in [-0.05, 0) is 31.6 Å². The first-order valence-electron chi connectivity index (χ1n) is 6.05. The van der Waals surface area contributed by atoms with Gasteiger partial charge in [-0.1, -0.05) is 15.9 Å². The molecule has 0 saturated heterocycles. The van der Waals surface area contributed by atoms with Gasteiger partial charge in [-0.15, -0.1) is 0 Å². The molecule has 1 heterocycles. The number of hydrogen-bond acceptors (Lipinski definition) is 2. The quantitative estimate of drug-likeness (QED) is 0.869. The number of amides is 1. The highest BCUT2D eigenvalue weighted by Crippen LogP contribution is 2.28. The second kappa shape index (κ2) is 5.67. The molecular formula is C12H18BrN3O. The molecule has 0 aliphatic heterocycles. The van der Waals surface area contributed by atoms with Crippen LogP contribution in [0.1, 0.15) is 36.2 Å². The zero-order valence-corrected chi connectivity index (χ0v) is 11.6. The van der Waals surface area contributed by atoms with E-state index in [0.717, 1.165) is 6.54 Å². The van der Waals surface area contributed by atoms with Crippen molar-refractivity contribution in [1.29, 1.82) is 0 Å². The van der Waals surface area contributed by atoms with Crippen molar-refractivity contribution >= 4 is 21.8 Å². The zero-order valence-electron chi connectivity index (χ0n) is 10.0. The lowest BCUT2D eigenvalue weighted by Crippen LogP contribution is -2.31. The van der Waals surface area contributed by atoms with Crippen LogP contribution in [0.25, 0.3) is 0 Å². The van der Waals surface area contributed by atoms with Gasteiger partial charge in [-0.3, -0.25) is 4.79 Å². The molecule has 17 heavy (non-hydrogen) atoms. The number of rotatable bonds is 3. The highest BCUT2D eigenvalue weighted by Gasteiger charge is 2.20. The van der Waals surface area contributed by atoms with E-state index in [0.29, 0.717) is 16.4 Å². The molecule has 1 aromatic heterocycles. The van der Waals surface area contributed by atoms with Gasteiger partial charge >= 0.3 is 0 Å². The Labute approximate surface area is 110 Å². The third kappa shape index (κ3) is 3.56. The molecule has 1 amide bonds. The molecule has 1 aliphatic rings. The van der Waals surface area contributed by atoms with E-state index < -0.39 is 0 Å². The van der Waals surface area contributed by atoms with Gasteiger partial charge in [0, 0.05) is 24.6 Å². The molecular weight excluding hydrogens is 282 g/mol. The van der Waals surface area contributed by atoms with E-state index in [1.165, 1.54) is 25.7 Å². The minimum atomic E-state index is -0.0634. The summed E-state index contributed by atoms with van der Waals surface area (Å²) in [5.41, 5.74) is 0.502. The minimum Gasteiger partial charge on any atom is -0.350 e. The number of carbonyl (C=O) groups is 1. The van der Waals surface area contributed by atoms with Gasteiger partial charge in [-0.25, -0.2) is 4.98 Å². The van der Waals surface area contributed by atoms with Crippen molar-refractivity contribution in [3.63, 3.8) is 0 Å². The predicted octanol–water partition coefficient (Wildman–Crippen LogP) is 2.10. The van der Waals surface area contributed by atoms with Gasteiger partial charge in [-0.2, -0.15) is 0 Å². The van der Waals surface area contributed by atoms with Crippen molar-refractivity contribution in [3.05, 3.63) is 18.2 Å². The van der Waals surface area contributed by atoms with Gasteiger partial charge in [0.1, 0.15) is 5.69 Å². The van der Waals surface area contributed by atoms with Crippen molar-refractivity contribution in [3.8, 4) is 0 Å². The summed E-state index contributed by atoms with van der Waals surface area (Å²) in [5, 5.41) is 2.97. The minimum absolute atomic E-state index is 0.0634. The summed E-state index contributed by atoms with van der Waals surface area (Å²) in [6.45, 7) is 0.773. The van der Waals surface area contributed by atoms with Gasteiger partial charge in [0.2, 0.25) is 0 Å². The van der Waals surface area contributed by atoms with Crippen molar-refractivity contribution in [2.45, 2.75) is 30.5 Å². The summed E-state index contributed by atoms with van der Waals surface area (Å²) in [6, 6.07) is 0. The molecule has 1 fully saturated rings. The maximum atomic E-state index is 11.8. The normalized spacial score (nSPS) is 24.6. The van der Waals surface area contributed by atoms with E-state index in [2.05, 4.69) is 26.2 Å². The Morgan fingerprint density at radius 1 is 1.53 bits per heavy atom. The number of aromatic nitrogens is 2. The molecule has 2 rings (SSSR count). The zero-order chi connectivity index (χ0) is 12.3. The molecule has 1 aromatic rings. The summed E-state index contributed by atoms with van der Waals surface area (Å²) in [5.74, 6) is 0.558. The average molecular weight is 300 g/mol. The lowest BCUT2D eigenvalue weighted by Gasteiger charge is -2.25. The highest BCUT2D eigenvalue weighted by molar-refractivity contribution is 9.09. The molecule has 0 spiro atoms. The lowest BCUT2D eigenvalue weighted by molar-refractivity contribution is 0.0939. The van der Waals surface area contributed by atoms with Crippen LogP contribution >= 0.6 is 15.9 Å². The highest BCUT2D eigenvalue weighted by atomic mass is 79.9. The molecule has 4 nitrogen and oxygen atoms in total. The van der Waals surface area contributed by atoms with Crippen LogP contribution in [-0.2, 0) is 7.05 Å². The van der Waals surface area contributed by atoms with Crippen LogP contribution in [-0.4, -0.2) is 26.8 Å². The SMILES string of the molecule is Cn1cnc(C(=O)NCC2CCC(Br)CC2)c1. The van der Waals surface area contributed by atoms with Crippen LogP contribution < -0.4 is 5.32 Å². The molecule has 0 radical (unpaired) electrons. The lowest BCUT2D eigenvalue weighted by atomic mass is 9.89. The van der Waals surface area contributed by atoms with E-state index in [1.807, 2.05) is 7.05 Å². The first-order valence-corrected chi connectivity index (χ1v) is 6.97. The first kappa shape index (κ1) is 12.6. The maximum Gasteiger partial charge on any atom is 0.271 e. The molecule has 1 aliphatic carbocycles. The van der Waals surface area contributed by atoms with E-state index in [9.17, 15) is 4.79 Å². The summed E-state index contributed by atoms with van der Waals surface area (Å²) >= 11 is 3.64.